The molecule has 18 heavy (non-hydrogen) atoms. The average molecular weight is 378 g/mol. The van der Waals surface area contributed by atoms with E-state index in [0.717, 1.165) is 24.1 Å². The average Bonchev–Trinajstić information content (AvgIpc) is 2.37. The summed E-state index contributed by atoms with van der Waals surface area (Å²) in [5, 5.41) is 0. The van der Waals surface area contributed by atoms with E-state index in [-0.39, 0.29) is 16.5 Å². The number of hydrogen-bond donors (Lipinski definition) is 0. The van der Waals surface area contributed by atoms with Crippen molar-refractivity contribution in [2.45, 2.75) is 31.4 Å². The molecule has 1 aromatic rings. The van der Waals surface area contributed by atoms with Gasteiger partial charge in [-0.25, -0.2) is 0 Å². The Kier molecular flexibility index (Phi) is 7.93. The van der Waals surface area contributed by atoms with Gasteiger partial charge in [0.25, 0.3) is 0 Å². The second-order valence-electron chi connectivity index (χ2n) is 4.44. The predicted octanol–water partition coefficient (Wildman–Crippen LogP) is 0.750. The molecule has 1 nitrogen and oxygen atoms in total. The molecule has 0 N–H and O–H groups in total. The third kappa shape index (κ3) is 3.88. The predicted molar refractivity (Wildman–Crippen MR) is 82.9 cm³/mol. The van der Waals surface area contributed by atoms with Crippen molar-refractivity contribution in [3.05, 3.63) is 35.4 Å². The number of benzene rings is 1. The molecule has 0 spiro atoms. The lowest BCUT2D eigenvalue weighted by molar-refractivity contribution is -0.936. The van der Waals surface area contributed by atoms with Crippen LogP contribution in [0, 0.1) is 19.3 Å². The molecule has 0 aliphatic carbocycles. The molecule has 1 aromatic carbocycles. The molecule has 1 atom stereocenters. The van der Waals surface area contributed by atoms with E-state index < -0.39 is 0 Å². The lowest BCUT2D eigenvalue weighted by atomic mass is 10.1. The topological polar surface area (TPSA) is 0 Å². The highest BCUT2D eigenvalue weighted by molar-refractivity contribution is 14.1. The highest BCUT2D eigenvalue weighted by Gasteiger charge is 2.31. The van der Waals surface area contributed by atoms with E-state index in [4.69, 9.17) is 6.42 Å². The standard InChI is InChI=1S/C15H21IN.ClH/c1-5-15(16)17(6-2,7-3)12-14-11-9-8-10-13(14)4;/h1,8-11,15H,6-7,12H2,2-4H3;1H/q+1;/p-1. The summed E-state index contributed by atoms with van der Waals surface area (Å²) in [6.07, 6.45) is 5.63. The molecule has 0 aliphatic heterocycles. The van der Waals surface area contributed by atoms with Gasteiger partial charge >= 0.3 is 0 Å². The number of aryl methyl sites for hydroxylation is 1. The fraction of sp³-hybridized carbons (Fsp3) is 0.467. The molecule has 0 radical (unpaired) electrons. The first kappa shape index (κ1) is 17.8. The van der Waals surface area contributed by atoms with Crippen LogP contribution in [-0.2, 0) is 6.54 Å². The molecule has 1 unspecified atom stereocenters. The van der Waals surface area contributed by atoms with Gasteiger partial charge in [-0.1, -0.05) is 24.3 Å². The Hall–Kier alpha value is -0.240. The van der Waals surface area contributed by atoms with Gasteiger partial charge in [-0.2, -0.15) is 0 Å². The molecular weight excluding hydrogens is 357 g/mol. The van der Waals surface area contributed by atoms with Crippen LogP contribution in [0.25, 0.3) is 0 Å². The van der Waals surface area contributed by atoms with Crippen LogP contribution in [0.4, 0.5) is 0 Å². The van der Waals surface area contributed by atoms with Crippen molar-refractivity contribution in [2.75, 3.05) is 13.1 Å². The number of halogens is 2. The second kappa shape index (κ2) is 8.04. The first-order valence-corrected chi connectivity index (χ1v) is 7.34. The van der Waals surface area contributed by atoms with Gasteiger partial charge in [-0.3, -0.25) is 4.48 Å². The Balaban J connectivity index is 0.00000289. The molecule has 0 heterocycles. The van der Waals surface area contributed by atoms with Crippen molar-refractivity contribution in [3.8, 4) is 12.3 Å². The summed E-state index contributed by atoms with van der Waals surface area (Å²) in [4.78, 5) is 0. The molecule has 0 saturated carbocycles. The number of nitrogens with zero attached hydrogens (tertiary/aromatic N) is 1. The van der Waals surface area contributed by atoms with E-state index in [0.29, 0.717) is 0 Å². The fourth-order valence-electron chi connectivity index (χ4n) is 2.13. The zero-order valence-corrected chi connectivity index (χ0v) is 14.2. The minimum atomic E-state index is 0. The second-order valence-corrected chi connectivity index (χ2v) is 5.62. The number of alkyl halides is 1. The third-order valence-corrected chi connectivity index (χ3v) is 5.17. The molecule has 0 fully saturated rings. The van der Waals surface area contributed by atoms with Crippen molar-refractivity contribution in [3.63, 3.8) is 0 Å². The van der Waals surface area contributed by atoms with Gasteiger partial charge in [0.15, 0.2) is 0 Å². The molecule has 0 bridgehead atoms. The highest BCUT2D eigenvalue weighted by Crippen LogP contribution is 2.24. The third-order valence-electron chi connectivity index (χ3n) is 3.62. The number of terminal acetylenes is 1. The van der Waals surface area contributed by atoms with Crippen LogP contribution in [0.1, 0.15) is 25.0 Å². The van der Waals surface area contributed by atoms with Crippen molar-refractivity contribution < 1.29 is 16.9 Å². The van der Waals surface area contributed by atoms with Gasteiger partial charge in [-0.15, -0.1) is 6.42 Å². The Labute approximate surface area is 131 Å². The smallest absolute Gasteiger partial charge is 0.200 e. The number of rotatable bonds is 5. The fourth-order valence-corrected chi connectivity index (χ4v) is 3.12. The van der Waals surface area contributed by atoms with Crippen molar-refractivity contribution in [2.24, 2.45) is 0 Å². The lowest BCUT2D eigenvalue weighted by Crippen LogP contribution is -3.00. The SMILES string of the molecule is C#CC(I)[N+](CC)(CC)Cc1ccccc1C.[Cl-]. The maximum atomic E-state index is 5.63. The minimum absolute atomic E-state index is 0. The van der Waals surface area contributed by atoms with Gasteiger partial charge in [0.2, 0.25) is 4.05 Å². The van der Waals surface area contributed by atoms with Crippen molar-refractivity contribution in [1.29, 1.82) is 0 Å². The summed E-state index contributed by atoms with van der Waals surface area (Å²) in [6, 6.07) is 8.59. The summed E-state index contributed by atoms with van der Waals surface area (Å²) in [6.45, 7) is 9.80. The summed E-state index contributed by atoms with van der Waals surface area (Å²) in [7, 11) is 0. The summed E-state index contributed by atoms with van der Waals surface area (Å²) in [5.41, 5.74) is 2.77. The first-order valence-electron chi connectivity index (χ1n) is 6.10. The Morgan fingerprint density at radius 1 is 1.28 bits per heavy atom. The molecule has 0 amide bonds. The minimum Gasteiger partial charge on any atom is -1.00 e. The zero-order chi connectivity index (χ0) is 12.9. The summed E-state index contributed by atoms with van der Waals surface area (Å²) in [5.74, 6) is 2.91. The van der Waals surface area contributed by atoms with Gasteiger partial charge < -0.3 is 12.4 Å². The van der Waals surface area contributed by atoms with Crippen LogP contribution in [0.2, 0.25) is 0 Å². The van der Waals surface area contributed by atoms with E-state index in [1.165, 1.54) is 11.1 Å². The first-order chi connectivity index (χ1) is 8.09. The van der Waals surface area contributed by atoms with Crippen molar-refractivity contribution >= 4 is 22.6 Å². The molecular formula is C15H21ClIN. The normalized spacial score (nSPS) is 12.4. The molecule has 3 heteroatoms. The van der Waals surface area contributed by atoms with Crippen molar-refractivity contribution in [1.82, 2.24) is 0 Å². The Bertz CT molecular complexity index is 407. The maximum Gasteiger partial charge on any atom is 0.200 e. The quantitative estimate of drug-likeness (QED) is 0.234. The van der Waals surface area contributed by atoms with Gasteiger partial charge in [0.1, 0.15) is 6.54 Å². The molecule has 1 rings (SSSR count). The van der Waals surface area contributed by atoms with Gasteiger partial charge in [-0.05, 0) is 32.3 Å². The maximum absolute atomic E-state index is 5.63. The van der Waals surface area contributed by atoms with E-state index >= 15 is 0 Å². The van der Waals surface area contributed by atoms with Gasteiger partial charge in [0.05, 0.1) is 13.1 Å². The number of hydrogen-bond acceptors (Lipinski definition) is 0. The summed E-state index contributed by atoms with van der Waals surface area (Å²) >= 11 is 2.39. The van der Waals surface area contributed by atoms with Crippen LogP contribution in [0.5, 0.6) is 0 Å². The lowest BCUT2D eigenvalue weighted by Gasteiger charge is -2.39. The van der Waals surface area contributed by atoms with Crippen LogP contribution in [-0.4, -0.2) is 21.6 Å². The summed E-state index contributed by atoms with van der Waals surface area (Å²) < 4.78 is 1.20. The van der Waals surface area contributed by atoms with Crippen LogP contribution in [0.15, 0.2) is 24.3 Å². The van der Waals surface area contributed by atoms with Crippen LogP contribution < -0.4 is 12.4 Å². The zero-order valence-electron chi connectivity index (χ0n) is 11.3. The van der Waals surface area contributed by atoms with Gasteiger partial charge in [0, 0.05) is 28.2 Å². The Morgan fingerprint density at radius 3 is 2.28 bits per heavy atom. The molecule has 0 saturated heterocycles. The van der Waals surface area contributed by atoms with E-state index in [1.54, 1.807) is 0 Å². The van der Waals surface area contributed by atoms with E-state index in [2.05, 4.69) is 73.5 Å². The number of quaternary nitrogens is 1. The molecule has 0 aromatic heterocycles. The van der Waals surface area contributed by atoms with E-state index in [9.17, 15) is 0 Å². The Morgan fingerprint density at radius 2 is 1.83 bits per heavy atom. The highest BCUT2D eigenvalue weighted by atomic mass is 127. The molecule has 100 valence electrons. The largest absolute Gasteiger partial charge is 1.00 e. The van der Waals surface area contributed by atoms with E-state index in [1.807, 2.05) is 0 Å². The van der Waals surface area contributed by atoms with Crippen LogP contribution in [0.3, 0.4) is 0 Å². The molecule has 0 aliphatic rings. The van der Waals surface area contributed by atoms with Crippen LogP contribution >= 0.6 is 22.6 Å². The monoisotopic (exact) mass is 377 g/mol.